The first-order valence-corrected chi connectivity index (χ1v) is 7.77. The Labute approximate surface area is 114 Å². The van der Waals surface area contributed by atoms with E-state index in [1.165, 1.54) is 12.1 Å². The van der Waals surface area contributed by atoms with E-state index >= 15 is 0 Å². The second kappa shape index (κ2) is 5.62. The van der Waals surface area contributed by atoms with Gasteiger partial charge < -0.3 is 4.74 Å². The zero-order chi connectivity index (χ0) is 13.9. The Morgan fingerprint density at radius 1 is 1.32 bits per heavy atom. The molecule has 0 amide bonds. The van der Waals surface area contributed by atoms with Crippen molar-refractivity contribution in [2.24, 2.45) is 5.16 Å². The van der Waals surface area contributed by atoms with Crippen LogP contribution in [-0.2, 0) is 23.9 Å². The second-order valence-corrected chi connectivity index (χ2v) is 6.33. The van der Waals surface area contributed by atoms with Crippen LogP contribution in [0, 0.1) is 6.92 Å². The molecule has 0 saturated carbocycles. The molecule has 6 nitrogen and oxygen atoms in total. The fourth-order valence-corrected chi connectivity index (χ4v) is 2.69. The van der Waals surface area contributed by atoms with Gasteiger partial charge in [0.2, 0.25) is 5.04 Å². The van der Waals surface area contributed by atoms with E-state index in [-0.39, 0.29) is 16.5 Å². The van der Waals surface area contributed by atoms with Crippen LogP contribution < -0.4 is 0 Å². The Balaban J connectivity index is 2.15. The van der Waals surface area contributed by atoms with Gasteiger partial charge in [-0.1, -0.05) is 34.6 Å². The lowest BCUT2D eigenvalue weighted by Crippen LogP contribution is -2.23. The van der Waals surface area contributed by atoms with E-state index in [1.54, 1.807) is 12.1 Å². The molecule has 0 aromatic heterocycles. The molecule has 1 fully saturated rings. The molecule has 1 aromatic rings. The summed E-state index contributed by atoms with van der Waals surface area (Å²) in [4.78, 5) is 11.2. The third kappa shape index (κ3) is 3.48. The van der Waals surface area contributed by atoms with Crippen LogP contribution in [0.5, 0.6) is 0 Å². The maximum absolute atomic E-state index is 11.8. The summed E-state index contributed by atoms with van der Waals surface area (Å²) in [5, 5.41) is 3.26. The van der Waals surface area contributed by atoms with Crippen molar-refractivity contribution in [3.63, 3.8) is 0 Å². The predicted octanol–water partition coefficient (Wildman–Crippen LogP) is 1.30. The number of hydrogen-bond acceptors (Lipinski definition) is 7. The van der Waals surface area contributed by atoms with E-state index in [9.17, 15) is 13.2 Å². The van der Waals surface area contributed by atoms with E-state index in [0.717, 1.165) is 17.3 Å². The molecule has 0 aliphatic carbocycles. The van der Waals surface area contributed by atoms with Crippen molar-refractivity contribution in [1.29, 1.82) is 0 Å². The zero-order valence-electron chi connectivity index (χ0n) is 10.0. The first-order chi connectivity index (χ1) is 8.99. The summed E-state index contributed by atoms with van der Waals surface area (Å²) in [5.74, 6) is -0.145. The van der Waals surface area contributed by atoms with Crippen molar-refractivity contribution in [2.75, 3.05) is 12.4 Å². The lowest BCUT2D eigenvalue weighted by molar-refractivity contribution is -0.135. The summed E-state index contributed by atoms with van der Waals surface area (Å²) < 4.78 is 32.8. The van der Waals surface area contributed by atoms with E-state index in [2.05, 4.69) is 9.44 Å². The molecule has 1 heterocycles. The largest absolute Gasteiger partial charge is 0.460 e. The van der Waals surface area contributed by atoms with Crippen LogP contribution in [0.25, 0.3) is 0 Å². The Bertz CT molecular complexity index is 606. The van der Waals surface area contributed by atoms with E-state index in [0.29, 0.717) is 5.75 Å². The Hall–Kier alpha value is -1.54. The summed E-state index contributed by atoms with van der Waals surface area (Å²) in [6.45, 7) is 2.12. The first kappa shape index (κ1) is 13.9. The number of esters is 1. The number of cyclic esters (lactones) is 1. The summed E-state index contributed by atoms with van der Waals surface area (Å²) in [5.41, 5.74) is 0.927. The Morgan fingerprint density at radius 2 is 2.00 bits per heavy atom. The number of oxime groups is 1. The molecule has 1 saturated heterocycles. The van der Waals surface area contributed by atoms with Gasteiger partial charge in [0.25, 0.3) is 0 Å². The molecule has 1 aliphatic rings. The molecule has 0 N–H and O–H groups in total. The smallest absolute Gasteiger partial charge is 0.367 e. The van der Waals surface area contributed by atoms with Gasteiger partial charge in [-0.25, -0.2) is 4.79 Å². The number of thioether (sulfide) groups is 1. The molecule has 1 aromatic carbocycles. The minimum atomic E-state index is -4.01. The van der Waals surface area contributed by atoms with Crippen molar-refractivity contribution in [1.82, 2.24) is 0 Å². The van der Waals surface area contributed by atoms with Gasteiger partial charge in [0.15, 0.2) is 0 Å². The summed E-state index contributed by atoms with van der Waals surface area (Å²) in [6.07, 6.45) is 0. The third-order valence-electron chi connectivity index (χ3n) is 2.26. The van der Waals surface area contributed by atoms with Crippen LogP contribution in [0.3, 0.4) is 0 Å². The van der Waals surface area contributed by atoms with E-state index in [1.807, 2.05) is 6.92 Å². The highest BCUT2D eigenvalue weighted by molar-refractivity contribution is 8.15. The number of hydrogen-bond donors (Lipinski definition) is 0. The van der Waals surface area contributed by atoms with E-state index < -0.39 is 16.1 Å². The highest BCUT2D eigenvalue weighted by Crippen LogP contribution is 2.16. The maximum Gasteiger partial charge on any atom is 0.367 e. The highest BCUT2D eigenvalue weighted by Gasteiger charge is 2.22. The van der Waals surface area contributed by atoms with Crippen molar-refractivity contribution in [2.45, 2.75) is 11.8 Å². The van der Waals surface area contributed by atoms with Gasteiger partial charge >= 0.3 is 16.1 Å². The Morgan fingerprint density at radius 3 is 2.63 bits per heavy atom. The van der Waals surface area contributed by atoms with Crippen molar-refractivity contribution < 1.29 is 22.2 Å². The van der Waals surface area contributed by atoms with Crippen molar-refractivity contribution in [3.8, 4) is 0 Å². The maximum atomic E-state index is 11.8. The summed E-state index contributed by atoms with van der Waals surface area (Å²) in [7, 11) is -4.01. The third-order valence-corrected chi connectivity index (χ3v) is 4.26. The van der Waals surface area contributed by atoms with Crippen molar-refractivity contribution >= 4 is 32.9 Å². The molecular weight excluding hydrogens is 290 g/mol. The minimum absolute atomic E-state index is 0.0170. The number of rotatable bonds is 3. The van der Waals surface area contributed by atoms with Gasteiger partial charge in [0.1, 0.15) is 11.5 Å². The molecule has 19 heavy (non-hydrogen) atoms. The zero-order valence-corrected chi connectivity index (χ0v) is 11.7. The van der Waals surface area contributed by atoms with Crippen LogP contribution in [0.2, 0.25) is 0 Å². The number of carbonyl (C=O) groups is 1. The average Bonchev–Trinajstić information content (AvgIpc) is 2.38. The van der Waals surface area contributed by atoms with Gasteiger partial charge in [-0.2, -0.15) is 8.42 Å². The number of benzene rings is 1. The minimum Gasteiger partial charge on any atom is -0.460 e. The SMILES string of the molecule is Cc1ccc(S(=O)(=O)O/N=C2\SCCOC2=O)cc1. The topological polar surface area (TPSA) is 82.0 Å². The molecule has 1 aliphatic heterocycles. The van der Waals surface area contributed by atoms with Crippen LogP contribution in [0.4, 0.5) is 0 Å². The van der Waals surface area contributed by atoms with Crippen LogP contribution >= 0.6 is 11.8 Å². The van der Waals surface area contributed by atoms with Gasteiger partial charge in [0.05, 0.1) is 0 Å². The monoisotopic (exact) mass is 301 g/mol. The lowest BCUT2D eigenvalue weighted by Gasteiger charge is -2.11. The first-order valence-electron chi connectivity index (χ1n) is 5.37. The molecule has 8 heteroatoms. The van der Waals surface area contributed by atoms with Crippen molar-refractivity contribution in [3.05, 3.63) is 29.8 Å². The lowest BCUT2D eigenvalue weighted by atomic mass is 10.2. The predicted molar refractivity (Wildman–Crippen MR) is 70.3 cm³/mol. The van der Waals surface area contributed by atoms with E-state index in [4.69, 9.17) is 4.74 Å². The normalized spacial score (nSPS) is 18.2. The molecule has 0 atom stereocenters. The number of carbonyl (C=O) groups excluding carboxylic acids is 1. The number of ether oxygens (including phenoxy) is 1. The number of aryl methyl sites for hydroxylation is 1. The number of nitrogens with zero attached hydrogens (tertiary/aromatic N) is 1. The van der Waals surface area contributed by atoms with Crippen LogP contribution in [0.15, 0.2) is 34.3 Å². The molecule has 2 rings (SSSR count). The highest BCUT2D eigenvalue weighted by atomic mass is 32.2. The summed E-state index contributed by atoms with van der Waals surface area (Å²) >= 11 is 1.10. The molecule has 0 spiro atoms. The molecule has 102 valence electrons. The van der Waals surface area contributed by atoms with Gasteiger partial charge in [-0.3, -0.25) is 4.28 Å². The molecular formula is C11H11NO5S2. The second-order valence-electron chi connectivity index (χ2n) is 3.72. The molecule has 0 unspecified atom stereocenters. The fraction of sp³-hybridized carbons (Fsp3) is 0.273. The standard InChI is InChI=1S/C11H11NO5S2/c1-8-2-4-9(5-3-8)19(14,15)17-12-10-11(13)16-6-7-18-10/h2-5H,6-7H2,1H3/b12-10-. The van der Waals surface area contributed by atoms with Gasteiger partial charge in [-0.05, 0) is 19.1 Å². The van der Waals surface area contributed by atoms with Crippen LogP contribution in [0.1, 0.15) is 5.56 Å². The summed E-state index contributed by atoms with van der Waals surface area (Å²) in [6, 6.07) is 6.12. The van der Waals surface area contributed by atoms with Gasteiger partial charge in [0, 0.05) is 5.75 Å². The molecule has 0 bridgehead atoms. The fourth-order valence-electron chi connectivity index (χ4n) is 1.29. The Kier molecular flexibility index (Phi) is 4.11. The quantitative estimate of drug-likeness (QED) is 0.618. The molecule has 0 radical (unpaired) electrons. The van der Waals surface area contributed by atoms with Gasteiger partial charge in [-0.15, -0.1) is 0 Å². The average molecular weight is 301 g/mol. The van der Waals surface area contributed by atoms with Crippen LogP contribution in [-0.4, -0.2) is 31.8 Å².